The van der Waals surface area contributed by atoms with E-state index in [1.54, 1.807) is 42.5 Å². The largest absolute Gasteiger partial charge is 0.321 e. The van der Waals surface area contributed by atoms with E-state index >= 15 is 0 Å². The molecule has 1 N–H and O–H groups in total. The van der Waals surface area contributed by atoms with Crippen LogP contribution in [0.25, 0.3) is 17.3 Å². The van der Waals surface area contributed by atoms with Crippen LogP contribution in [-0.2, 0) is 11.8 Å². The Morgan fingerprint density at radius 3 is 2.74 bits per heavy atom. The van der Waals surface area contributed by atoms with Crippen LogP contribution in [0.5, 0.6) is 0 Å². The van der Waals surface area contributed by atoms with Gasteiger partial charge in [-0.2, -0.15) is 10.4 Å². The quantitative estimate of drug-likeness (QED) is 0.550. The van der Waals surface area contributed by atoms with E-state index in [-0.39, 0.29) is 16.3 Å². The van der Waals surface area contributed by atoms with Crippen molar-refractivity contribution in [2.45, 2.75) is 0 Å². The van der Waals surface area contributed by atoms with Gasteiger partial charge in [0.2, 0.25) is 0 Å². The molecule has 0 bridgehead atoms. The maximum absolute atomic E-state index is 13.2. The summed E-state index contributed by atoms with van der Waals surface area (Å²) in [6, 6.07) is 9.22. The van der Waals surface area contributed by atoms with Crippen LogP contribution in [-0.4, -0.2) is 20.7 Å². The van der Waals surface area contributed by atoms with Gasteiger partial charge in [0.1, 0.15) is 17.5 Å². The van der Waals surface area contributed by atoms with E-state index in [0.717, 1.165) is 11.6 Å². The van der Waals surface area contributed by atoms with Crippen LogP contribution in [0.4, 0.5) is 10.1 Å². The predicted molar refractivity (Wildman–Crippen MR) is 100 cm³/mol. The molecule has 0 aliphatic carbocycles. The zero-order chi connectivity index (χ0) is 19.4. The molecule has 2 heterocycles. The van der Waals surface area contributed by atoms with E-state index in [2.05, 4.69) is 15.4 Å². The average Bonchev–Trinajstić information content (AvgIpc) is 3.03. The highest BCUT2D eigenvalue weighted by molar-refractivity contribution is 6.31. The molecule has 134 valence electrons. The van der Waals surface area contributed by atoms with Crippen LogP contribution in [0.1, 0.15) is 5.56 Å². The van der Waals surface area contributed by atoms with E-state index in [1.807, 2.05) is 6.07 Å². The van der Waals surface area contributed by atoms with Gasteiger partial charge in [-0.05, 0) is 36.4 Å². The summed E-state index contributed by atoms with van der Waals surface area (Å²) in [4.78, 5) is 16.4. The molecule has 27 heavy (non-hydrogen) atoms. The van der Waals surface area contributed by atoms with Gasteiger partial charge in [-0.25, -0.2) is 4.39 Å². The van der Waals surface area contributed by atoms with Crippen molar-refractivity contribution in [1.29, 1.82) is 5.26 Å². The summed E-state index contributed by atoms with van der Waals surface area (Å²) in [6.07, 6.45) is 6.42. The van der Waals surface area contributed by atoms with Crippen LogP contribution in [0, 0.1) is 17.1 Å². The molecule has 0 unspecified atom stereocenters. The Morgan fingerprint density at radius 2 is 2.07 bits per heavy atom. The predicted octanol–water partition coefficient (Wildman–Crippen LogP) is 3.82. The Balaban J connectivity index is 1.92. The molecule has 0 radical (unpaired) electrons. The Hall–Kier alpha value is -3.50. The Kier molecular flexibility index (Phi) is 5.29. The number of amides is 1. The van der Waals surface area contributed by atoms with Gasteiger partial charge >= 0.3 is 0 Å². The number of benzene rings is 1. The summed E-state index contributed by atoms with van der Waals surface area (Å²) >= 11 is 5.71. The second-order valence-corrected chi connectivity index (χ2v) is 6.00. The molecular weight excluding hydrogens is 369 g/mol. The molecule has 2 aromatic heterocycles. The van der Waals surface area contributed by atoms with Gasteiger partial charge in [0, 0.05) is 42.5 Å². The van der Waals surface area contributed by atoms with E-state index in [9.17, 15) is 14.4 Å². The van der Waals surface area contributed by atoms with Gasteiger partial charge in [-0.3, -0.25) is 14.5 Å². The van der Waals surface area contributed by atoms with Crippen LogP contribution in [0.2, 0.25) is 5.02 Å². The monoisotopic (exact) mass is 381 g/mol. The van der Waals surface area contributed by atoms with Crippen molar-refractivity contribution >= 4 is 29.3 Å². The minimum absolute atomic E-state index is 0.123. The minimum Gasteiger partial charge on any atom is -0.321 e. The number of halogens is 2. The topological polar surface area (TPSA) is 83.6 Å². The number of hydrogen-bond acceptors (Lipinski definition) is 4. The first kappa shape index (κ1) is 18.3. The number of hydrogen-bond donors (Lipinski definition) is 1. The van der Waals surface area contributed by atoms with Gasteiger partial charge in [-0.15, -0.1) is 0 Å². The van der Waals surface area contributed by atoms with Crippen LogP contribution >= 0.6 is 11.6 Å². The Labute approximate surface area is 159 Å². The summed E-state index contributed by atoms with van der Waals surface area (Å²) in [5.41, 5.74) is 2.18. The molecule has 0 saturated carbocycles. The first-order valence-corrected chi connectivity index (χ1v) is 8.18. The van der Waals surface area contributed by atoms with E-state index in [1.165, 1.54) is 18.2 Å². The zero-order valence-electron chi connectivity index (χ0n) is 14.1. The van der Waals surface area contributed by atoms with Crippen molar-refractivity contribution in [3.63, 3.8) is 0 Å². The van der Waals surface area contributed by atoms with Gasteiger partial charge in [0.25, 0.3) is 5.91 Å². The molecule has 8 heteroatoms. The second kappa shape index (κ2) is 7.81. The third-order valence-corrected chi connectivity index (χ3v) is 3.94. The number of aromatic nitrogens is 3. The molecule has 0 spiro atoms. The number of nitriles is 1. The number of aryl methyl sites for hydroxylation is 1. The molecule has 0 saturated heterocycles. The van der Waals surface area contributed by atoms with Crippen molar-refractivity contribution < 1.29 is 9.18 Å². The lowest BCUT2D eigenvalue weighted by molar-refractivity contribution is -0.112. The highest BCUT2D eigenvalue weighted by Crippen LogP contribution is 2.24. The highest BCUT2D eigenvalue weighted by atomic mass is 35.5. The number of nitrogens with zero attached hydrogens (tertiary/aromatic N) is 4. The lowest BCUT2D eigenvalue weighted by Gasteiger charge is -2.05. The molecule has 3 aromatic rings. The molecular formula is C19H13ClFN5O. The van der Waals surface area contributed by atoms with Crippen LogP contribution in [0.3, 0.4) is 0 Å². The highest BCUT2D eigenvalue weighted by Gasteiger charge is 2.14. The van der Waals surface area contributed by atoms with E-state index in [0.29, 0.717) is 11.3 Å². The molecule has 0 atom stereocenters. The van der Waals surface area contributed by atoms with E-state index < -0.39 is 11.7 Å². The molecule has 3 rings (SSSR count). The molecule has 1 amide bonds. The SMILES string of the molecule is Cn1cc(C=C(C#N)C(=O)Nc2ccc(F)c(Cl)c2)c(-c2ccncc2)n1. The summed E-state index contributed by atoms with van der Waals surface area (Å²) in [7, 11) is 1.74. The smallest absolute Gasteiger partial charge is 0.266 e. The van der Waals surface area contributed by atoms with Crippen LogP contribution in [0.15, 0.2) is 54.5 Å². The summed E-state index contributed by atoms with van der Waals surface area (Å²) < 4.78 is 14.8. The molecule has 6 nitrogen and oxygen atoms in total. The number of carbonyl (C=O) groups is 1. The fourth-order valence-electron chi connectivity index (χ4n) is 2.42. The van der Waals surface area contributed by atoms with Gasteiger partial charge in [0.15, 0.2) is 0 Å². The van der Waals surface area contributed by atoms with Crippen molar-refractivity contribution in [2.75, 3.05) is 5.32 Å². The van der Waals surface area contributed by atoms with Crippen LogP contribution < -0.4 is 5.32 Å². The zero-order valence-corrected chi connectivity index (χ0v) is 14.9. The average molecular weight is 382 g/mol. The summed E-state index contributed by atoms with van der Waals surface area (Å²) in [6.45, 7) is 0. The molecule has 0 aliphatic rings. The lowest BCUT2D eigenvalue weighted by Crippen LogP contribution is -2.13. The van der Waals surface area contributed by atoms with Gasteiger partial charge in [0.05, 0.1) is 10.7 Å². The fourth-order valence-corrected chi connectivity index (χ4v) is 2.60. The summed E-state index contributed by atoms with van der Waals surface area (Å²) in [5.74, 6) is -1.23. The first-order chi connectivity index (χ1) is 13.0. The first-order valence-electron chi connectivity index (χ1n) is 7.80. The lowest BCUT2D eigenvalue weighted by atomic mass is 10.1. The number of nitrogens with one attached hydrogen (secondary N) is 1. The minimum atomic E-state index is -0.635. The Morgan fingerprint density at radius 1 is 1.33 bits per heavy atom. The summed E-state index contributed by atoms with van der Waals surface area (Å²) in [5, 5.41) is 16.2. The standard InChI is InChI=1S/C19H13ClFN5O/c1-26-11-14(18(25-26)12-4-6-23-7-5-12)8-13(10-22)19(27)24-15-2-3-17(21)16(20)9-15/h2-9,11H,1H3,(H,24,27). The van der Waals surface area contributed by atoms with Crippen molar-refractivity contribution in [2.24, 2.45) is 7.05 Å². The van der Waals surface area contributed by atoms with Gasteiger partial charge in [-0.1, -0.05) is 11.6 Å². The number of carbonyl (C=O) groups excluding carboxylic acids is 1. The van der Waals surface area contributed by atoms with E-state index in [4.69, 9.17) is 11.6 Å². The normalized spacial score (nSPS) is 11.1. The fraction of sp³-hybridized carbons (Fsp3) is 0.0526. The third kappa shape index (κ3) is 4.19. The van der Waals surface area contributed by atoms with Gasteiger partial charge < -0.3 is 5.32 Å². The number of anilines is 1. The maximum atomic E-state index is 13.2. The number of pyridine rings is 1. The Bertz CT molecular complexity index is 1070. The van der Waals surface area contributed by atoms with Crippen molar-refractivity contribution in [3.8, 4) is 17.3 Å². The molecule has 0 fully saturated rings. The molecule has 0 aliphatic heterocycles. The number of rotatable bonds is 4. The second-order valence-electron chi connectivity index (χ2n) is 5.60. The maximum Gasteiger partial charge on any atom is 0.266 e. The van der Waals surface area contributed by atoms with Crippen molar-refractivity contribution in [1.82, 2.24) is 14.8 Å². The van der Waals surface area contributed by atoms with Crippen molar-refractivity contribution in [3.05, 3.63) is 70.9 Å². The molecule has 1 aromatic carbocycles. The third-order valence-electron chi connectivity index (χ3n) is 3.65.